The maximum absolute atomic E-state index is 11.8. The van der Waals surface area contributed by atoms with Gasteiger partial charge in [-0.2, -0.15) is 0 Å². The predicted octanol–water partition coefficient (Wildman–Crippen LogP) is 3.25. The molecule has 0 aliphatic carbocycles. The molecule has 1 aromatic heterocycles. The Morgan fingerprint density at radius 1 is 1.12 bits per heavy atom. The van der Waals surface area contributed by atoms with Crippen molar-refractivity contribution in [3.63, 3.8) is 0 Å². The first kappa shape index (κ1) is 16.2. The van der Waals surface area contributed by atoms with Crippen LogP contribution < -0.4 is 5.32 Å². The van der Waals surface area contributed by atoms with Crippen molar-refractivity contribution in [1.29, 1.82) is 0 Å². The third-order valence-corrected chi connectivity index (χ3v) is 4.07. The zero-order valence-corrected chi connectivity index (χ0v) is 14.3. The van der Waals surface area contributed by atoms with Gasteiger partial charge < -0.3 is 14.8 Å². The van der Waals surface area contributed by atoms with Crippen molar-refractivity contribution in [3.8, 4) is 11.3 Å². The molecule has 1 N–H and O–H groups in total. The summed E-state index contributed by atoms with van der Waals surface area (Å²) in [5.74, 6) is -2.66. The van der Waals surface area contributed by atoms with E-state index in [4.69, 9.17) is 9.47 Å². The Labute approximate surface area is 143 Å². The van der Waals surface area contributed by atoms with Gasteiger partial charge in [0.2, 0.25) is 0 Å². The number of hydrogen-bond acceptors (Lipinski definition) is 7. The van der Waals surface area contributed by atoms with Crippen molar-refractivity contribution in [2.75, 3.05) is 5.32 Å². The molecular weight excluding hydrogens is 328 g/mol. The average Bonchev–Trinajstić information content (AvgIpc) is 2.92. The Hall–Kier alpha value is -2.67. The highest BCUT2D eigenvalue weighted by molar-refractivity contribution is 7.09. The van der Waals surface area contributed by atoms with Crippen LogP contribution in [0.3, 0.4) is 0 Å². The van der Waals surface area contributed by atoms with E-state index in [1.165, 1.54) is 20.0 Å². The Morgan fingerprint density at radius 2 is 1.75 bits per heavy atom. The molecule has 0 spiro atoms. The monoisotopic (exact) mass is 344 g/mol. The van der Waals surface area contributed by atoms with E-state index in [1.54, 1.807) is 11.3 Å². The molecule has 1 saturated heterocycles. The number of carbonyl (C=O) groups excluding carboxylic acids is 2. The van der Waals surface area contributed by atoms with E-state index < -0.39 is 17.7 Å². The summed E-state index contributed by atoms with van der Waals surface area (Å²) in [5, 5.41) is 5.91. The zero-order chi connectivity index (χ0) is 17.3. The van der Waals surface area contributed by atoms with Crippen LogP contribution in [0.1, 0.15) is 18.9 Å². The fraction of sp³-hybridized carbons (Fsp3) is 0.235. The van der Waals surface area contributed by atoms with E-state index in [0.29, 0.717) is 0 Å². The van der Waals surface area contributed by atoms with Crippen molar-refractivity contribution in [2.45, 2.75) is 26.6 Å². The van der Waals surface area contributed by atoms with Gasteiger partial charge in [0.1, 0.15) is 0 Å². The van der Waals surface area contributed by atoms with Crippen LogP contribution in [0.4, 0.5) is 5.69 Å². The second-order valence-electron chi connectivity index (χ2n) is 5.71. The molecule has 0 unspecified atom stereocenters. The third-order valence-electron chi connectivity index (χ3n) is 3.30. The molecule has 0 radical (unpaired) electrons. The molecule has 3 rings (SSSR count). The van der Waals surface area contributed by atoms with Gasteiger partial charge >= 0.3 is 11.9 Å². The molecule has 0 bridgehead atoms. The van der Waals surface area contributed by atoms with Gasteiger partial charge in [0.05, 0.1) is 10.7 Å². The number of aryl methyl sites for hydroxylation is 1. The summed E-state index contributed by atoms with van der Waals surface area (Å²) in [6.07, 6.45) is 1.29. The summed E-state index contributed by atoms with van der Waals surface area (Å²) < 4.78 is 10.1. The van der Waals surface area contributed by atoms with Gasteiger partial charge in [0.25, 0.3) is 5.79 Å². The number of benzene rings is 1. The lowest BCUT2D eigenvalue weighted by Gasteiger charge is -2.29. The van der Waals surface area contributed by atoms with Crippen LogP contribution in [0.15, 0.2) is 41.4 Å². The number of hydrogen-bond donors (Lipinski definition) is 1. The fourth-order valence-corrected chi connectivity index (χ4v) is 2.79. The standard InChI is InChI=1S/C17H16N2O4S/c1-10-19-14(9-24-10)11-4-6-12(7-5-11)18-8-13-15(20)22-17(2,3)23-16(13)21/h4-9,18H,1-3H3. The highest BCUT2D eigenvalue weighted by Crippen LogP contribution is 2.24. The molecular formula is C17H16N2O4S. The van der Waals surface area contributed by atoms with Crippen LogP contribution >= 0.6 is 11.3 Å². The van der Waals surface area contributed by atoms with E-state index >= 15 is 0 Å². The first-order valence-electron chi connectivity index (χ1n) is 7.30. The lowest BCUT2D eigenvalue weighted by Crippen LogP contribution is -2.42. The molecule has 0 atom stereocenters. The van der Waals surface area contributed by atoms with Crippen molar-refractivity contribution < 1.29 is 19.1 Å². The summed E-state index contributed by atoms with van der Waals surface area (Å²) in [6, 6.07) is 7.50. The lowest BCUT2D eigenvalue weighted by atomic mass is 10.1. The van der Waals surface area contributed by atoms with E-state index in [0.717, 1.165) is 22.0 Å². The van der Waals surface area contributed by atoms with Gasteiger partial charge in [-0.1, -0.05) is 12.1 Å². The Bertz CT molecular complexity index is 799. The number of nitrogens with one attached hydrogen (secondary N) is 1. The van der Waals surface area contributed by atoms with E-state index in [9.17, 15) is 9.59 Å². The summed E-state index contributed by atoms with van der Waals surface area (Å²) in [5.41, 5.74) is 2.47. The molecule has 2 aromatic rings. The number of anilines is 1. The van der Waals surface area contributed by atoms with Crippen molar-refractivity contribution >= 4 is 29.0 Å². The SMILES string of the molecule is Cc1nc(-c2ccc(NC=C3C(=O)OC(C)(C)OC3=O)cc2)cs1. The van der Waals surface area contributed by atoms with Crippen LogP contribution in [0.25, 0.3) is 11.3 Å². The lowest BCUT2D eigenvalue weighted by molar-refractivity contribution is -0.222. The highest BCUT2D eigenvalue weighted by atomic mass is 32.1. The number of rotatable bonds is 3. The number of ether oxygens (including phenoxy) is 2. The second kappa shape index (κ2) is 6.09. The van der Waals surface area contributed by atoms with E-state index in [2.05, 4.69) is 10.3 Å². The average molecular weight is 344 g/mol. The number of carbonyl (C=O) groups is 2. The fourth-order valence-electron chi connectivity index (χ4n) is 2.17. The molecule has 7 heteroatoms. The maximum atomic E-state index is 11.8. The van der Waals surface area contributed by atoms with Gasteiger partial charge in [-0.15, -0.1) is 11.3 Å². The highest BCUT2D eigenvalue weighted by Gasteiger charge is 2.38. The first-order chi connectivity index (χ1) is 11.3. The summed E-state index contributed by atoms with van der Waals surface area (Å²) in [4.78, 5) is 28.1. The molecule has 1 fully saturated rings. The largest absolute Gasteiger partial charge is 0.419 e. The van der Waals surface area contributed by atoms with Gasteiger partial charge in [0.15, 0.2) is 5.57 Å². The van der Waals surface area contributed by atoms with Gasteiger partial charge in [-0.3, -0.25) is 0 Å². The normalized spacial score (nSPS) is 16.4. The third kappa shape index (κ3) is 3.46. The van der Waals surface area contributed by atoms with E-state index in [1.807, 2.05) is 36.6 Å². The number of cyclic esters (lactones) is 2. The van der Waals surface area contributed by atoms with Gasteiger partial charge in [-0.25, -0.2) is 14.6 Å². The molecule has 6 nitrogen and oxygen atoms in total. The maximum Gasteiger partial charge on any atom is 0.350 e. The smallest absolute Gasteiger partial charge is 0.350 e. The van der Waals surface area contributed by atoms with Crippen LogP contribution in [0, 0.1) is 6.92 Å². The van der Waals surface area contributed by atoms with Crippen molar-refractivity contribution in [3.05, 3.63) is 46.4 Å². The summed E-state index contributed by atoms with van der Waals surface area (Å²) in [7, 11) is 0. The Kier molecular flexibility index (Phi) is 4.11. The quantitative estimate of drug-likeness (QED) is 0.523. The molecule has 124 valence electrons. The minimum atomic E-state index is -1.24. The Balaban J connectivity index is 1.72. The van der Waals surface area contributed by atoms with Gasteiger partial charge in [0, 0.05) is 36.7 Å². The number of aromatic nitrogens is 1. The van der Waals surface area contributed by atoms with Crippen LogP contribution in [0.5, 0.6) is 0 Å². The van der Waals surface area contributed by atoms with Crippen molar-refractivity contribution in [1.82, 2.24) is 4.98 Å². The molecule has 1 aromatic carbocycles. The molecule has 24 heavy (non-hydrogen) atoms. The van der Waals surface area contributed by atoms with Crippen molar-refractivity contribution in [2.24, 2.45) is 0 Å². The van der Waals surface area contributed by atoms with E-state index in [-0.39, 0.29) is 5.57 Å². The number of nitrogens with zero attached hydrogens (tertiary/aromatic N) is 1. The topological polar surface area (TPSA) is 77.5 Å². The minimum absolute atomic E-state index is 0.173. The second-order valence-corrected chi connectivity index (χ2v) is 6.77. The zero-order valence-electron chi connectivity index (χ0n) is 13.5. The first-order valence-corrected chi connectivity index (χ1v) is 8.18. The van der Waals surface area contributed by atoms with Crippen LogP contribution in [0.2, 0.25) is 0 Å². The minimum Gasteiger partial charge on any atom is -0.419 e. The molecule has 1 aliphatic heterocycles. The van der Waals surface area contributed by atoms with Crippen LogP contribution in [-0.2, 0) is 19.1 Å². The van der Waals surface area contributed by atoms with Crippen LogP contribution in [-0.4, -0.2) is 22.7 Å². The molecule has 2 heterocycles. The van der Waals surface area contributed by atoms with Gasteiger partial charge in [-0.05, 0) is 19.1 Å². The summed E-state index contributed by atoms with van der Waals surface area (Å²) in [6.45, 7) is 4.97. The number of thiazole rings is 1. The predicted molar refractivity (Wildman–Crippen MR) is 90.3 cm³/mol. The summed E-state index contributed by atoms with van der Waals surface area (Å²) >= 11 is 1.59. The Morgan fingerprint density at radius 3 is 2.29 bits per heavy atom. The molecule has 1 aliphatic rings. The molecule has 0 saturated carbocycles. The number of esters is 2. The molecule has 0 amide bonds.